The second kappa shape index (κ2) is 12.4. The van der Waals surface area contributed by atoms with Gasteiger partial charge in [-0.3, -0.25) is 9.78 Å². The molecule has 1 aliphatic rings. The van der Waals surface area contributed by atoms with Crippen molar-refractivity contribution >= 4 is 59.5 Å². The molecule has 1 fully saturated rings. The van der Waals surface area contributed by atoms with Gasteiger partial charge in [0.25, 0.3) is 5.91 Å². The number of pyridine rings is 3. The van der Waals surface area contributed by atoms with Gasteiger partial charge in [0.15, 0.2) is 0 Å². The van der Waals surface area contributed by atoms with Crippen LogP contribution in [0.5, 0.6) is 0 Å². The standard InChI is InChI=1S/C22H23ClN6O.2ClH/c23-20-4-3-17(15-26-20)28-22(30)19-2-1-9-25-21(19)27-14-16-7-12-29(13-8-16)18-5-10-24-11-6-18;;/h1-6,9-11,15-16H,7-8,12-14H2,(H,25,27)(H,28,30);2*1H. The Hall–Kier alpha value is -2.61. The Bertz CT molecular complexity index is 982. The molecule has 0 aliphatic carbocycles. The summed E-state index contributed by atoms with van der Waals surface area (Å²) in [5.41, 5.74) is 2.31. The molecule has 3 aromatic heterocycles. The van der Waals surface area contributed by atoms with Crippen molar-refractivity contribution in [2.75, 3.05) is 35.2 Å². The molecule has 3 aromatic rings. The predicted octanol–water partition coefficient (Wildman–Crippen LogP) is 4.95. The second-order valence-electron chi connectivity index (χ2n) is 7.24. The van der Waals surface area contributed by atoms with Crippen molar-refractivity contribution in [1.29, 1.82) is 0 Å². The van der Waals surface area contributed by atoms with Crippen LogP contribution < -0.4 is 15.5 Å². The van der Waals surface area contributed by atoms with Crippen molar-refractivity contribution in [1.82, 2.24) is 15.0 Å². The van der Waals surface area contributed by atoms with E-state index < -0.39 is 0 Å². The fraction of sp³-hybridized carbons (Fsp3) is 0.273. The van der Waals surface area contributed by atoms with Gasteiger partial charge in [0, 0.05) is 43.9 Å². The minimum atomic E-state index is -0.234. The highest BCUT2D eigenvalue weighted by Crippen LogP contribution is 2.23. The molecule has 0 radical (unpaired) electrons. The molecular formula is C22H25Cl3N6O. The van der Waals surface area contributed by atoms with E-state index in [4.69, 9.17) is 11.6 Å². The summed E-state index contributed by atoms with van der Waals surface area (Å²) < 4.78 is 0. The van der Waals surface area contributed by atoms with Gasteiger partial charge in [-0.15, -0.1) is 24.8 Å². The van der Waals surface area contributed by atoms with E-state index in [-0.39, 0.29) is 30.7 Å². The van der Waals surface area contributed by atoms with Crippen LogP contribution in [0.25, 0.3) is 0 Å². The number of carbonyl (C=O) groups is 1. The molecule has 32 heavy (non-hydrogen) atoms. The Morgan fingerprint density at radius 1 is 1.03 bits per heavy atom. The zero-order chi connectivity index (χ0) is 20.8. The minimum Gasteiger partial charge on any atom is -0.371 e. The average Bonchev–Trinajstić information content (AvgIpc) is 2.80. The van der Waals surface area contributed by atoms with Crippen molar-refractivity contribution < 1.29 is 4.79 Å². The van der Waals surface area contributed by atoms with Crippen LogP contribution in [0.1, 0.15) is 23.2 Å². The number of carbonyl (C=O) groups excluding carboxylic acids is 1. The molecular weight excluding hydrogens is 471 g/mol. The number of aromatic nitrogens is 3. The summed E-state index contributed by atoms with van der Waals surface area (Å²) in [5, 5.41) is 6.59. The van der Waals surface area contributed by atoms with E-state index in [9.17, 15) is 4.79 Å². The number of nitrogens with one attached hydrogen (secondary N) is 2. The molecule has 0 unspecified atom stereocenters. The van der Waals surface area contributed by atoms with Gasteiger partial charge >= 0.3 is 0 Å². The molecule has 0 saturated carbocycles. The van der Waals surface area contributed by atoms with E-state index in [2.05, 4.69) is 30.5 Å². The summed E-state index contributed by atoms with van der Waals surface area (Å²) in [4.78, 5) is 27.5. The number of amides is 1. The van der Waals surface area contributed by atoms with E-state index in [1.807, 2.05) is 24.5 Å². The molecule has 1 amide bonds. The topological polar surface area (TPSA) is 83.0 Å². The lowest BCUT2D eigenvalue weighted by molar-refractivity contribution is 0.102. The molecule has 1 aliphatic heterocycles. The molecule has 0 atom stereocenters. The fourth-order valence-corrected chi connectivity index (χ4v) is 3.68. The Morgan fingerprint density at radius 3 is 2.47 bits per heavy atom. The van der Waals surface area contributed by atoms with Crippen LogP contribution >= 0.6 is 36.4 Å². The summed E-state index contributed by atoms with van der Waals surface area (Å²) in [6, 6.07) is 11.0. The largest absolute Gasteiger partial charge is 0.371 e. The molecule has 1 saturated heterocycles. The Balaban J connectivity index is 0.00000181. The van der Waals surface area contributed by atoms with Gasteiger partial charge in [-0.2, -0.15) is 0 Å². The lowest BCUT2D eigenvalue weighted by atomic mass is 9.96. The number of rotatable bonds is 6. The summed E-state index contributed by atoms with van der Waals surface area (Å²) in [6.07, 6.45) is 9.04. The van der Waals surface area contributed by atoms with E-state index >= 15 is 0 Å². The van der Waals surface area contributed by atoms with E-state index in [0.717, 1.165) is 32.5 Å². The number of piperidine rings is 1. The van der Waals surface area contributed by atoms with Gasteiger partial charge in [0.05, 0.1) is 17.4 Å². The van der Waals surface area contributed by atoms with E-state index in [1.165, 1.54) is 11.9 Å². The lowest BCUT2D eigenvalue weighted by Crippen LogP contribution is -2.36. The van der Waals surface area contributed by atoms with Crippen LogP contribution in [0.4, 0.5) is 17.2 Å². The van der Waals surface area contributed by atoms with Crippen LogP contribution in [-0.2, 0) is 0 Å². The Kier molecular flexibility index (Phi) is 9.97. The maximum atomic E-state index is 12.7. The molecule has 170 valence electrons. The number of halogens is 3. The summed E-state index contributed by atoms with van der Waals surface area (Å²) in [5.74, 6) is 0.886. The molecule has 4 rings (SSSR count). The highest BCUT2D eigenvalue weighted by atomic mass is 35.5. The summed E-state index contributed by atoms with van der Waals surface area (Å²) in [6.45, 7) is 2.80. The van der Waals surface area contributed by atoms with Gasteiger partial charge in [0.1, 0.15) is 11.0 Å². The predicted molar refractivity (Wildman–Crippen MR) is 134 cm³/mol. The van der Waals surface area contributed by atoms with Crippen molar-refractivity contribution in [3.63, 3.8) is 0 Å². The van der Waals surface area contributed by atoms with Gasteiger partial charge in [-0.25, -0.2) is 9.97 Å². The Morgan fingerprint density at radius 2 is 1.78 bits per heavy atom. The van der Waals surface area contributed by atoms with E-state index in [1.54, 1.807) is 30.5 Å². The van der Waals surface area contributed by atoms with Crippen LogP contribution in [0.15, 0.2) is 61.2 Å². The monoisotopic (exact) mass is 494 g/mol. The first kappa shape index (κ1) is 25.6. The lowest BCUT2D eigenvalue weighted by Gasteiger charge is -2.33. The normalized spacial score (nSPS) is 13.5. The summed E-state index contributed by atoms with van der Waals surface area (Å²) >= 11 is 5.80. The van der Waals surface area contributed by atoms with Crippen molar-refractivity contribution in [3.05, 3.63) is 71.9 Å². The van der Waals surface area contributed by atoms with Crippen molar-refractivity contribution in [2.45, 2.75) is 12.8 Å². The third-order valence-electron chi connectivity index (χ3n) is 5.24. The Labute approximate surface area is 204 Å². The first-order chi connectivity index (χ1) is 14.7. The number of hydrogen-bond acceptors (Lipinski definition) is 6. The first-order valence-corrected chi connectivity index (χ1v) is 10.3. The van der Waals surface area contributed by atoms with Gasteiger partial charge in [-0.1, -0.05) is 11.6 Å². The average molecular weight is 496 g/mol. The van der Waals surface area contributed by atoms with Gasteiger partial charge in [-0.05, 0) is 55.2 Å². The second-order valence-corrected chi connectivity index (χ2v) is 7.63. The zero-order valence-corrected chi connectivity index (χ0v) is 19.7. The smallest absolute Gasteiger partial charge is 0.259 e. The highest BCUT2D eigenvalue weighted by molar-refractivity contribution is 6.29. The van der Waals surface area contributed by atoms with Gasteiger partial charge in [0.2, 0.25) is 0 Å². The molecule has 4 heterocycles. The molecule has 10 heteroatoms. The van der Waals surface area contributed by atoms with Crippen LogP contribution in [0.3, 0.4) is 0 Å². The summed E-state index contributed by atoms with van der Waals surface area (Å²) in [7, 11) is 0. The highest BCUT2D eigenvalue weighted by Gasteiger charge is 2.20. The van der Waals surface area contributed by atoms with Crippen LogP contribution in [0.2, 0.25) is 5.15 Å². The van der Waals surface area contributed by atoms with Crippen LogP contribution in [0, 0.1) is 5.92 Å². The SMILES string of the molecule is Cl.Cl.O=C(Nc1ccc(Cl)nc1)c1cccnc1NCC1CCN(c2ccncc2)CC1. The maximum Gasteiger partial charge on any atom is 0.259 e. The van der Waals surface area contributed by atoms with Crippen LogP contribution in [-0.4, -0.2) is 40.5 Å². The molecule has 2 N–H and O–H groups in total. The minimum absolute atomic E-state index is 0. The fourth-order valence-electron chi connectivity index (χ4n) is 3.57. The first-order valence-electron chi connectivity index (χ1n) is 9.96. The van der Waals surface area contributed by atoms with E-state index in [0.29, 0.717) is 28.1 Å². The molecule has 7 nitrogen and oxygen atoms in total. The van der Waals surface area contributed by atoms with Crippen molar-refractivity contribution in [2.24, 2.45) is 5.92 Å². The third-order valence-corrected chi connectivity index (χ3v) is 5.46. The van der Waals surface area contributed by atoms with Gasteiger partial charge < -0.3 is 15.5 Å². The number of hydrogen-bond donors (Lipinski definition) is 2. The quantitative estimate of drug-likeness (QED) is 0.471. The number of anilines is 3. The maximum absolute atomic E-state index is 12.7. The molecule has 0 bridgehead atoms. The van der Waals surface area contributed by atoms with Crippen molar-refractivity contribution in [3.8, 4) is 0 Å². The molecule has 0 spiro atoms. The zero-order valence-electron chi connectivity index (χ0n) is 17.3. The third kappa shape index (κ3) is 6.69. The molecule has 0 aromatic carbocycles. The number of nitrogens with zero attached hydrogens (tertiary/aromatic N) is 4.